The Balaban J connectivity index is 2.04. The van der Waals surface area contributed by atoms with Crippen LogP contribution in [-0.2, 0) is 9.53 Å². The molecule has 112 valence electrons. The third-order valence-electron chi connectivity index (χ3n) is 1.82. The van der Waals surface area contributed by atoms with Crippen LogP contribution in [0.4, 0.5) is 10.7 Å². The first-order valence-corrected chi connectivity index (χ1v) is 7.22. The third-order valence-corrected chi connectivity index (χ3v) is 2.78. The second-order valence-electron chi connectivity index (χ2n) is 4.86. The van der Waals surface area contributed by atoms with Crippen molar-refractivity contribution >= 4 is 29.7 Å². The summed E-state index contributed by atoms with van der Waals surface area (Å²) in [6, 6.07) is 0. The second kappa shape index (κ2) is 7.73. The number of hydrogen-bond acceptors (Lipinski definition) is 6. The van der Waals surface area contributed by atoms with Crippen LogP contribution < -0.4 is 10.6 Å². The predicted octanol–water partition coefficient (Wildman–Crippen LogP) is 1.00. The topological polar surface area (TPSA) is 109 Å². The maximum Gasteiger partial charge on any atom is 0.407 e. The highest BCUT2D eigenvalue weighted by atomic mass is 32.2. The molecule has 0 aliphatic carbocycles. The molecule has 0 aliphatic heterocycles. The molecule has 0 atom stereocenters. The highest BCUT2D eigenvalue weighted by Crippen LogP contribution is 2.06. The summed E-state index contributed by atoms with van der Waals surface area (Å²) in [7, 11) is 0. The minimum atomic E-state index is -0.506. The zero-order valence-corrected chi connectivity index (χ0v) is 12.5. The number of amides is 2. The Bertz CT molecular complexity index is 430. The summed E-state index contributed by atoms with van der Waals surface area (Å²) in [6.07, 6.45) is 0.859. The normalized spacial score (nSPS) is 10.9. The number of aromatic nitrogens is 3. The van der Waals surface area contributed by atoms with Crippen LogP contribution in [0, 0.1) is 0 Å². The van der Waals surface area contributed by atoms with Crippen molar-refractivity contribution in [3.63, 3.8) is 0 Å². The number of H-pyrrole nitrogens is 1. The average molecular weight is 301 g/mol. The Morgan fingerprint density at radius 1 is 1.45 bits per heavy atom. The molecule has 0 bridgehead atoms. The van der Waals surface area contributed by atoms with Gasteiger partial charge in [0.05, 0.1) is 5.75 Å². The van der Waals surface area contributed by atoms with Gasteiger partial charge >= 0.3 is 6.09 Å². The molecule has 0 saturated carbocycles. The summed E-state index contributed by atoms with van der Waals surface area (Å²) in [5.41, 5.74) is -0.506. The summed E-state index contributed by atoms with van der Waals surface area (Å²) < 4.78 is 5.08. The van der Waals surface area contributed by atoms with E-state index >= 15 is 0 Å². The van der Waals surface area contributed by atoms with Gasteiger partial charge in [-0.25, -0.2) is 9.89 Å². The van der Waals surface area contributed by atoms with Crippen LogP contribution >= 0.6 is 11.8 Å². The molecule has 0 fully saturated rings. The number of carbonyl (C=O) groups excluding carboxylic acids is 2. The van der Waals surface area contributed by atoms with Crippen LogP contribution in [0.2, 0.25) is 0 Å². The quantitative estimate of drug-likeness (QED) is 0.676. The Morgan fingerprint density at radius 2 is 2.20 bits per heavy atom. The van der Waals surface area contributed by atoms with E-state index in [1.54, 1.807) is 20.8 Å². The fraction of sp³-hybridized carbons (Fsp3) is 0.636. The molecule has 1 rings (SSSR count). The van der Waals surface area contributed by atoms with E-state index in [0.29, 0.717) is 18.2 Å². The molecule has 3 N–H and O–H groups in total. The van der Waals surface area contributed by atoms with Crippen molar-refractivity contribution in [1.82, 2.24) is 20.5 Å². The van der Waals surface area contributed by atoms with Crippen molar-refractivity contribution in [2.45, 2.75) is 26.4 Å². The zero-order chi connectivity index (χ0) is 15.0. The summed E-state index contributed by atoms with van der Waals surface area (Å²) in [5, 5.41) is 11.3. The molecule has 0 aliphatic rings. The first-order chi connectivity index (χ1) is 9.37. The molecular formula is C11H19N5O3S. The van der Waals surface area contributed by atoms with Crippen LogP contribution in [0.15, 0.2) is 6.33 Å². The largest absolute Gasteiger partial charge is 0.444 e. The Morgan fingerprint density at radius 3 is 2.80 bits per heavy atom. The summed E-state index contributed by atoms with van der Waals surface area (Å²) in [5.74, 6) is 1.03. The summed E-state index contributed by atoms with van der Waals surface area (Å²) in [4.78, 5) is 26.6. The van der Waals surface area contributed by atoms with Gasteiger partial charge in [-0.15, -0.1) is 0 Å². The smallest absolute Gasteiger partial charge is 0.407 e. The first kappa shape index (κ1) is 16.3. The molecule has 0 aromatic carbocycles. The van der Waals surface area contributed by atoms with Crippen molar-refractivity contribution in [2.75, 3.05) is 23.4 Å². The van der Waals surface area contributed by atoms with E-state index in [9.17, 15) is 9.59 Å². The SMILES string of the molecule is CC(C)(C)OC(=O)NCCSCC(=O)Nc1ncn[nH]1. The van der Waals surface area contributed by atoms with E-state index in [-0.39, 0.29) is 11.7 Å². The molecule has 20 heavy (non-hydrogen) atoms. The van der Waals surface area contributed by atoms with Crippen molar-refractivity contribution in [2.24, 2.45) is 0 Å². The predicted molar refractivity (Wildman–Crippen MR) is 76.6 cm³/mol. The van der Waals surface area contributed by atoms with Gasteiger partial charge < -0.3 is 10.1 Å². The van der Waals surface area contributed by atoms with Gasteiger partial charge in [-0.3, -0.25) is 10.1 Å². The summed E-state index contributed by atoms with van der Waals surface area (Å²) in [6.45, 7) is 5.84. The number of thioether (sulfide) groups is 1. The highest BCUT2D eigenvalue weighted by molar-refractivity contribution is 7.99. The van der Waals surface area contributed by atoms with Gasteiger partial charge in [0.25, 0.3) is 0 Å². The van der Waals surface area contributed by atoms with E-state index in [1.165, 1.54) is 18.1 Å². The number of aromatic amines is 1. The minimum Gasteiger partial charge on any atom is -0.444 e. The van der Waals surface area contributed by atoms with E-state index in [4.69, 9.17) is 4.74 Å². The number of carbonyl (C=O) groups is 2. The van der Waals surface area contributed by atoms with Gasteiger partial charge in [0, 0.05) is 12.3 Å². The molecule has 8 nitrogen and oxygen atoms in total. The lowest BCUT2D eigenvalue weighted by atomic mass is 10.2. The van der Waals surface area contributed by atoms with Gasteiger partial charge in [0.1, 0.15) is 11.9 Å². The lowest BCUT2D eigenvalue weighted by molar-refractivity contribution is -0.113. The van der Waals surface area contributed by atoms with E-state index in [0.717, 1.165) is 0 Å². The number of ether oxygens (including phenoxy) is 1. The minimum absolute atomic E-state index is 0.177. The molecule has 2 amide bonds. The maximum absolute atomic E-state index is 11.5. The Hall–Kier alpha value is -1.77. The van der Waals surface area contributed by atoms with Gasteiger partial charge in [-0.05, 0) is 20.8 Å². The lowest BCUT2D eigenvalue weighted by Gasteiger charge is -2.19. The molecule has 0 radical (unpaired) electrons. The number of anilines is 1. The lowest BCUT2D eigenvalue weighted by Crippen LogP contribution is -2.33. The molecule has 0 spiro atoms. The molecular weight excluding hydrogens is 282 g/mol. The monoisotopic (exact) mass is 301 g/mol. The van der Waals surface area contributed by atoms with Crippen molar-refractivity contribution in [3.8, 4) is 0 Å². The van der Waals surface area contributed by atoms with Gasteiger partial charge in [0.15, 0.2) is 0 Å². The number of hydrogen-bond donors (Lipinski definition) is 3. The van der Waals surface area contributed by atoms with Crippen LogP contribution in [0.25, 0.3) is 0 Å². The van der Waals surface area contributed by atoms with Gasteiger partial charge in [0.2, 0.25) is 11.9 Å². The number of nitrogens with zero attached hydrogens (tertiary/aromatic N) is 2. The number of alkyl carbamates (subject to hydrolysis) is 1. The van der Waals surface area contributed by atoms with Crippen LogP contribution in [0.5, 0.6) is 0 Å². The van der Waals surface area contributed by atoms with Crippen molar-refractivity contribution in [3.05, 3.63) is 6.33 Å². The average Bonchev–Trinajstić information content (AvgIpc) is 2.78. The third kappa shape index (κ3) is 7.62. The Labute approximate surface area is 121 Å². The van der Waals surface area contributed by atoms with Crippen LogP contribution in [-0.4, -0.2) is 50.8 Å². The highest BCUT2D eigenvalue weighted by Gasteiger charge is 2.15. The molecule has 0 unspecified atom stereocenters. The molecule has 1 heterocycles. The van der Waals surface area contributed by atoms with E-state index < -0.39 is 11.7 Å². The second-order valence-corrected chi connectivity index (χ2v) is 5.97. The molecule has 1 aromatic rings. The van der Waals surface area contributed by atoms with E-state index in [2.05, 4.69) is 25.8 Å². The fourth-order valence-corrected chi connectivity index (χ4v) is 1.79. The summed E-state index contributed by atoms with van der Waals surface area (Å²) >= 11 is 1.40. The maximum atomic E-state index is 11.5. The Kier molecular flexibility index (Phi) is 6.29. The molecule has 9 heteroatoms. The van der Waals surface area contributed by atoms with Crippen LogP contribution in [0.3, 0.4) is 0 Å². The van der Waals surface area contributed by atoms with Crippen LogP contribution in [0.1, 0.15) is 20.8 Å². The standard InChI is InChI=1S/C11H19N5O3S/c1-11(2,3)19-10(18)12-4-5-20-6-8(17)15-9-13-7-14-16-9/h7H,4-6H2,1-3H3,(H,12,18)(H2,13,14,15,16,17). The molecule has 0 saturated heterocycles. The van der Waals surface area contributed by atoms with Gasteiger partial charge in [-0.2, -0.15) is 21.8 Å². The first-order valence-electron chi connectivity index (χ1n) is 6.06. The van der Waals surface area contributed by atoms with Gasteiger partial charge in [-0.1, -0.05) is 0 Å². The number of nitrogens with one attached hydrogen (secondary N) is 3. The van der Waals surface area contributed by atoms with E-state index in [1.807, 2.05) is 0 Å². The molecule has 1 aromatic heterocycles. The van der Waals surface area contributed by atoms with Crippen molar-refractivity contribution < 1.29 is 14.3 Å². The zero-order valence-electron chi connectivity index (χ0n) is 11.7. The fourth-order valence-electron chi connectivity index (χ4n) is 1.14. The van der Waals surface area contributed by atoms with Crippen molar-refractivity contribution in [1.29, 1.82) is 0 Å². The number of rotatable bonds is 6.